The summed E-state index contributed by atoms with van der Waals surface area (Å²) in [5.74, 6) is 0.502. The minimum atomic E-state index is -0.298. The zero-order valence-corrected chi connectivity index (χ0v) is 13.2. The van der Waals surface area contributed by atoms with Gasteiger partial charge in [0.15, 0.2) is 0 Å². The van der Waals surface area contributed by atoms with Gasteiger partial charge in [-0.25, -0.2) is 14.8 Å². The maximum Gasteiger partial charge on any atom is 0.337 e. The van der Waals surface area contributed by atoms with Crippen molar-refractivity contribution in [3.05, 3.63) is 53.9 Å². The number of nitrogens with zero attached hydrogens (tertiary/aromatic N) is 4. The van der Waals surface area contributed by atoms with E-state index < -0.39 is 0 Å². The molecular formula is C17H20N4O2. The molecule has 6 nitrogen and oxygen atoms in total. The van der Waals surface area contributed by atoms with E-state index in [1.165, 1.54) is 12.7 Å². The lowest BCUT2D eigenvalue weighted by atomic mass is 10.1. The fourth-order valence-corrected chi connectivity index (χ4v) is 2.68. The summed E-state index contributed by atoms with van der Waals surface area (Å²) in [5, 5.41) is 0. The van der Waals surface area contributed by atoms with Crippen LogP contribution in [0, 0.1) is 0 Å². The first-order valence-corrected chi connectivity index (χ1v) is 7.68. The van der Waals surface area contributed by atoms with E-state index in [1.54, 1.807) is 12.4 Å². The summed E-state index contributed by atoms with van der Waals surface area (Å²) in [6.45, 7) is 4.66. The first-order valence-electron chi connectivity index (χ1n) is 7.68. The maximum atomic E-state index is 11.4. The second-order valence-corrected chi connectivity index (χ2v) is 5.50. The van der Waals surface area contributed by atoms with Gasteiger partial charge in [0.1, 0.15) is 0 Å². The standard InChI is InChI=1S/C17H20N4O2/c1-23-16(22)15-5-3-14(4-6-15)13-20-9-11-21(12-10-20)17-18-7-2-8-19-17/h2-8H,9-13H2,1H3. The normalized spacial score (nSPS) is 15.4. The van der Waals surface area contributed by atoms with Crippen LogP contribution in [0.4, 0.5) is 5.95 Å². The minimum Gasteiger partial charge on any atom is -0.465 e. The van der Waals surface area contributed by atoms with E-state index in [2.05, 4.69) is 19.8 Å². The van der Waals surface area contributed by atoms with Crippen molar-refractivity contribution in [1.82, 2.24) is 14.9 Å². The Morgan fingerprint density at radius 1 is 1.09 bits per heavy atom. The van der Waals surface area contributed by atoms with Crippen LogP contribution in [0.3, 0.4) is 0 Å². The summed E-state index contributed by atoms with van der Waals surface area (Å²) < 4.78 is 4.71. The number of ether oxygens (including phenoxy) is 1. The Kier molecular flexibility index (Phi) is 4.83. The number of carbonyl (C=O) groups is 1. The van der Waals surface area contributed by atoms with Crippen LogP contribution in [-0.2, 0) is 11.3 Å². The van der Waals surface area contributed by atoms with Crippen LogP contribution in [0.1, 0.15) is 15.9 Å². The lowest BCUT2D eigenvalue weighted by Crippen LogP contribution is -2.46. The van der Waals surface area contributed by atoms with Gasteiger partial charge in [-0.3, -0.25) is 4.90 Å². The number of hydrogen-bond donors (Lipinski definition) is 0. The molecule has 0 amide bonds. The lowest BCUT2D eigenvalue weighted by molar-refractivity contribution is 0.0600. The highest BCUT2D eigenvalue weighted by atomic mass is 16.5. The van der Waals surface area contributed by atoms with E-state index in [0.717, 1.165) is 38.7 Å². The van der Waals surface area contributed by atoms with Crippen LogP contribution in [-0.4, -0.2) is 54.1 Å². The van der Waals surface area contributed by atoms with Crippen molar-refractivity contribution in [2.45, 2.75) is 6.54 Å². The lowest BCUT2D eigenvalue weighted by Gasteiger charge is -2.34. The molecule has 120 valence electrons. The van der Waals surface area contributed by atoms with Crippen LogP contribution in [0.25, 0.3) is 0 Å². The SMILES string of the molecule is COC(=O)c1ccc(CN2CCN(c3ncccn3)CC2)cc1. The Labute approximate surface area is 135 Å². The van der Waals surface area contributed by atoms with Crippen molar-refractivity contribution in [2.75, 3.05) is 38.2 Å². The Morgan fingerprint density at radius 3 is 2.35 bits per heavy atom. The van der Waals surface area contributed by atoms with Gasteiger partial charge in [0.2, 0.25) is 5.95 Å². The molecule has 1 aliphatic rings. The van der Waals surface area contributed by atoms with Gasteiger partial charge in [0.05, 0.1) is 12.7 Å². The first-order chi connectivity index (χ1) is 11.3. The smallest absolute Gasteiger partial charge is 0.337 e. The predicted octanol–water partition coefficient (Wildman–Crippen LogP) is 1.59. The molecule has 0 bridgehead atoms. The van der Waals surface area contributed by atoms with E-state index >= 15 is 0 Å². The number of aromatic nitrogens is 2. The Bertz CT molecular complexity index is 637. The van der Waals surface area contributed by atoms with Crippen molar-refractivity contribution >= 4 is 11.9 Å². The summed E-state index contributed by atoms with van der Waals surface area (Å²) in [6.07, 6.45) is 3.55. The molecule has 0 spiro atoms. The predicted molar refractivity (Wildman–Crippen MR) is 87.3 cm³/mol. The van der Waals surface area contributed by atoms with Gasteiger partial charge >= 0.3 is 5.97 Å². The van der Waals surface area contributed by atoms with Crippen molar-refractivity contribution in [3.8, 4) is 0 Å². The number of benzene rings is 1. The van der Waals surface area contributed by atoms with Gasteiger partial charge in [-0.05, 0) is 23.8 Å². The largest absolute Gasteiger partial charge is 0.465 e. The highest BCUT2D eigenvalue weighted by Gasteiger charge is 2.18. The molecule has 0 aliphatic carbocycles. The molecule has 23 heavy (non-hydrogen) atoms. The van der Waals surface area contributed by atoms with Gasteiger partial charge in [-0.1, -0.05) is 12.1 Å². The molecule has 1 aromatic heterocycles. The number of rotatable bonds is 4. The molecule has 0 unspecified atom stereocenters. The highest BCUT2D eigenvalue weighted by Crippen LogP contribution is 2.13. The van der Waals surface area contributed by atoms with Crippen molar-refractivity contribution in [1.29, 1.82) is 0 Å². The van der Waals surface area contributed by atoms with Crippen LogP contribution >= 0.6 is 0 Å². The van der Waals surface area contributed by atoms with Crippen LogP contribution in [0.5, 0.6) is 0 Å². The fraction of sp³-hybridized carbons (Fsp3) is 0.353. The summed E-state index contributed by atoms with van der Waals surface area (Å²) in [4.78, 5) is 24.6. The van der Waals surface area contributed by atoms with E-state index in [4.69, 9.17) is 4.74 Å². The number of anilines is 1. The third-order valence-electron chi connectivity index (χ3n) is 3.99. The monoisotopic (exact) mass is 312 g/mol. The van der Waals surface area contributed by atoms with Gasteiger partial charge in [0, 0.05) is 45.1 Å². The third kappa shape index (κ3) is 3.84. The molecule has 1 fully saturated rings. The number of piperazine rings is 1. The maximum absolute atomic E-state index is 11.4. The molecule has 1 saturated heterocycles. The summed E-state index contributed by atoms with van der Waals surface area (Å²) in [7, 11) is 1.40. The van der Waals surface area contributed by atoms with Crippen molar-refractivity contribution < 1.29 is 9.53 Å². The second kappa shape index (κ2) is 7.19. The number of methoxy groups -OCH3 is 1. The zero-order chi connectivity index (χ0) is 16.1. The van der Waals surface area contributed by atoms with Crippen molar-refractivity contribution in [3.63, 3.8) is 0 Å². The fourth-order valence-electron chi connectivity index (χ4n) is 2.68. The molecule has 0 radical (unpaired) electrons. The molecule has 1 aromatic carbocycles. The highest BCUT2D eigenvalue weighted by molar-refractivity contribution is 5.89. The van der Waals surface area contributed by atoms with E-state index in [0.29, 0.717) is 5.56 Å². The first kappa shape index (κ1) is 15.4. The Hall–Kier alpha value is -2.47. The van der Waals surface area contributed by atoms with Gasteiger partial charge < -0.3 is 9.64 Å². The van der Waals surface area contributed by atoms with E-state index in [9.17, 15) is 4.79 Å². The van der Waals surface area contributed by atoms with E-state index in [1.807, 2.05) is 30.3 Å². The van der Waals surface area contributed by atoms with Gasteiger partial charge in [-0.2, -0.15) is 0 Å². The molecule has 0 atom stereocenters. The molecule has 6 heteroatoms. The molecule has 2 heterocycles. The van der Waals surface area contributed by atoms with Crippen LogP contribution in [0.2, 0.25) is 0 Å². The Balaban J connectivity index is 1.53. The molecule has 0 saturated carbocycles. The average Bonchev–Trinajstić information content (AvgIpc) is 2.63. The molecule has 0 N–H and O–H groups in total. The molecule has 1 aliphatic heterocycles. The number of carbonyl (C=O) groups excluding carboxylic acids is 1. The summed E-state index contributed by atoms with van der Waals surface area (Å²) >= 11 is 0. The summed E-state index contributed by atoms with van der Waals surface area (Å²) in [6, 6.07) is 9.43. The average molecular weight is 312 g/mol. The quantitative estimate of drug-likeness (QED) is 0.799. The number of hydrogen-bond acceptors (Lipinski definition) is 6. The van der Waals surface area contributed by atoms with Gasteiger partial charge in [-0.15, -0.1) is 0 Å². The molecule has 3 rings (SSSR count). The molecule has 2 aromatic rings. The minimum absolute atomic E-state index is 0.298. The number of esters is 1. The second-order valence-electron chi connectivity index (χ2n) is 5.50. The third-order valence-corrected chi connectivity index (χ3v) is 3.99. The van der Waals surface area contributed by atoms with Crippen LogP contribution in [0.15, 0.2) is 42.7 Å². The van der Waals surface area contributed by atoms with Gasteiger partial charge in [0.25, 0.3) is 0 Å². The molecular weight excluding hydrogens is 292 g/mol. The Morgan fingerprint density at radius 2 is 1.74 bits per heavy atom. The zero-order valence-electron chi connectivity index (χ0n) is 13.2. The topological polar surface area (TPSA) is 58.6 Å². The summed E-state index contributed by atoms with van der Waals surface area (Å²) in [5.41, 5.74) is 1.78. The van der Waals surface area contributed by atoms with Crippen LogP contribution < -0.4 is 4.90 Å². The van der Waals surface area contributed by atoms with Crippen molar-refractivity contribution in [2.24, 2.45) is 0 Å². The van der Waals surface area contributed by atoms with E-state index in [-0.39, 0.29) is 5.97 Å².